The topological polar surface area (TPSA) is 198 Å². The highest BCUT2D eigenvalue weighted by atomic mass is 16.6. The van der Waals surface area contributed by atoms with Crippen molar-refractivity contribution in [2.24, 2.45) is 22.7 Å². The SMILES string of the molecule is CC(=O)O[C@H]1C[C@@]2(O)[C@@H](OC(C)=O)[C@@H]3[C@]4(OC(C)=O)CO[C@@H]4C[C@H](OC(C)=O)[C@@]3(C)[C@@H](OC(C)=O)[C@H](C(=O)CO)C(=C1C)C2(C)C. The molecule has 4 rings (SSSR count). The molecule has 0 amide bonds. The smallest absolute Gasteiger partial charge is 0.303 e. The molecular formula is C32H44O14. The molecule has 4 aliphatic rings. The second-order valence-electron chi connectivity index (χ2n) is 13.6. The molecule has 2 saturated carbocycles. The summed E-state index contributed by atoms with van der Waals surface area (Å²) in [6, 6.07) is 0. The molecule has 3 aliphatic carbocycles. The first-order valence-corrected chi connectivity index (χ1v) is 15.3. The maximum Gasteiger partial charge on any atom is 0.303 e. The molecular weight excluding hydrogens is 608 g/mol. The van der Waals surface area contributed by atoms with E-state index in [-0.39, 0.29) is 25.0 Å². The Morgan fingerprint density at radius 2 is 1.37 bits per heavy atom. The van der Waals surface area contributed by atoms with Crippen LogP contribution < -0.4 is 0 Å². The van der Waals surface area contributed by atoms with E-state index in [1.54, 1.807) is 27.7 Å². The maximum atomic E-state index is 14.0. The Morgan fingerprint density at radius 1 is 0.826 bits per heavy atom. The summed E-state index contributed by atoms with van der Waals surface area (Å²) in [5.74, 6) is -7.48. The lowest BCUT2D eigenvalue weighted by molar-refractivity contribution is -0.364. The van der Waals surface area contributed by atoms with Gasteiger partial charge in [0.05, 0.1) is 23.9 Å². The Hall–Kier alpha value is -3.36. The van der Waals surface area contributed by atoms with Gasteiger partial charge < -0.3 is 38.6 Å². The minimum absolute atomic E-state index is 0.0830. The molecule has 0 aromatic heterocycles. The molecule has 14 nitrogen and oxygen atoms in total. The van der Waals surface area contributed by atoms with E-state index in [1.807, 2.05) is 0 Å². The Morgan fingerprint density at radius 3 is 1.83 bits per heavy atom. The molecule has 46 heavy (non-hydrogen) atoms. The summed E-state index contributed by atoms with van der Waals surface area (Å²) < 4.78 is 35.5. The predicted molar refractivity (Wildman–Crippen MR) is 154 cm³/mol. The largest absolute Gasteiger partial charge is 0.462 e. The fourth-order valence-corrected chi connectivity index (χ4v) is 8.80. The zero-order valence-corrected chi connectivity index (χ0v) is 27.7. The van der Waals surface area contributed by atoms with Crippen molar-refractivity contribution in [3.8, 4) is 0 Å². The molecule has 1 saturated heterocycles. The van der Waals surface area contributed by atoms with Crippen molar-refractivity contribution in [1.29, 1.82) is 0 Å². The van der Waals surface area contributed by atoms with E-state index in [1.165, 1.54) is 20.8 Å². The second kappa shape index (κ2) is 12.0. The van der Waals surface area contributed by atoms with Crippen LogP contribution in [0.15, 0.2) is 11.1 Å². The number of carbonyl (C=O) groups excluding carboxylic acids is 6. The number of Topliss-reactive ketones (excluding diaryl/α,β-unsaturated/α-hetero) is 1. The fraction of sp³-hybridized carbons (Fsp3) is 0.750. The number of carbonyl (C=O) groups is 6. The van der Waals surface area contributed by atoms with Crippen LogP contribution >= 0.6 is 0 Å². The number of hydrogen-bond donors (Lipinski definition) is 2. The molecule has 256 valence electrons. The zero-order valence-electron chi connectivity index (χ0n) is 27.7. The molecule has 2 bridgehead atoms. The van der Waals surface area contributed by atoms with Crippen LogP contribution in [0.2, 0.25) is 0 Å². The Kier molecular flexibility index (Phi) is 9.27. The van der Waals surface area contributed by atoms with Gasteiger partial charge in [-0.3, -0.25) is 28.8 Å². The first kappa shape index (κ1) is 35.5. The minimum atomic E-state index is -2.17. The number of rotatable bonds is 7. The molecule has 3 fully saturated rings. The van der Waals surface area contributed by atoms with E-state index in [9.17, 15) is 39.0 Å². The van der Waals surface area contributed by atoms with Crippen molar-refractivity contribution in [2.45, 2.75) is 117 Å². The van der Waals surface area contributed by atoms with Gasteiger partial charge in [-0.15, -0.1) is 0 Å². The molecule has 0 aromatic rings. The molecule has 0 unspecified atom stereocenters. The Balaban J connectivity index is 2.25. The van der Waals surface area contributed by atoms with Crippen LogP contribution in [0.1, 0.15) is 75.2 Å². The minimum Gasteiger partial charge on any atom is -0.462 e. The summed E-state index contributed by atoms with van der Waals surface area (Å²) in [5, 5.41) is 23.5. The molecule has 14 heteroatoms. The van der Waals surface area contributed by atoms with Crippen LogP contribution in [0.4, 0.5) is 0 Å². The van der Waals surface area contributed by atoms with Gasteiger partial charge in [0.2, 0.25) is 0 Å². The van der Waals surface area contributed by atoms with Crippen molar-refractivity contribution < 1.29 is 67.4 Å². The Labute approximate surface area is 267 Å². The lowest BCUT2D eigenvalue weighted by atomic mass is 9.42. The summed E-state index contributed by atoms with van der Waals surface area (Å²) in [5.41, 5.74) is -6.51. The van der Waals surface area contributed by atoms with Crippen molar-refractivity contribution in [1.82, 2.24) is 0 Å². The van der Waals surface area contributed by atoms with Gasteiger partial charge in [0.25, 0.3) is 0 Å². The van der Waals surface area contributed by atoms with Gasteiger partial charge in [0.15, 0.2) is 11.4 Å². The number of hydrogen-bond acceptors (Lipinski definition) is 14. The average molecular weight is 653 g/mol. The normalized spacial score (nSPS) is 39.2. The second-order valence-corrected chi connectivity index (χ2v) is 13.6. The van der Waals surface area contributed by atoms with Crippen LogP contribution in [0.5, 0.6) is 0 Å². The quantitative estimate of drug-likeness (QED) is 0.225. The number of fused-ring (bicyclic) bond motifs is 5. The van der Waals surface area contributed by atoms with Crippen LogP contribution in [0, 0.1) is 22.7 Å². The van der Waals surface area contributed by atoms with Gasteiger partial charge in [0.1, 0.15) is 42.7 Å². The third kappa shape index (κ3) is 5.31. The van der Waals surface area contributed by atoms with Gasteiger partial charge in [-0.25, -0.2) is 0 Å². The molecule has 0 radical (unpaired) electrons. The zero-order chi connectivity index (χ0) is 34.7. The highest BCUT2D eigenvalue weighted by Gasteiger charge is 2.79. The van der Waals surface area contributed by atoms with Crippen molar-refractivity contribution in [3.05, 3.63) is 11.1 Å². The van der Waals surface area contributed by atoms with Gasteiger partial charge in [0, 0.05) is 52.9 Å². The van der Waals surface area contributed by atoms with E-state index in [4.69, 9.17) is 28.4 Å². The third-order valence-electron chi connectivity index (χ3n) is 10.6. The van der Waals surface area contributed by atoms with Crippen LogP contribution in [-0.2, 0) is 57.2 Å². The highest BCUT2D eigenvalue weighted by Crippen LogP contribution is 2.67. The number of ketones is 1. The maximum absolute atomic E-state index is 14.0. The first-order valence-electron chi connectivity index (χ1n) is 15.3. The summed E-state index contributed by atoms with van der Waals surface area (Å²) in [6.45, 7) is 10.9. The number of esters is 5. The van der Waals surface area contributed by atoms with Gasteiger partial charge in [-0.05, 0) is 18.1 Å². The number of ether oxygens (including phenoxy) is 6. The van der Waals surface area contributed by atoms with Gasteiger partial charge >= 0.3 is 29.8 Å². The van der Waals surface area contributed by atoms with E-state index in [0.717, 1.165) is 13.8 Å². The number of aliphatic hydroxyl groups excluding tert-OH is 1. The van der Waals surface area contributed by atoms with Gasteiger partial charge in [-0.2, -0.15) is 0 Å². The van der Waals surface area contributed by atoms with Gasteiger partial charge in [-0.1, -0.05) is 20.8 Å². The van der Waals surface area contributed by atoms with E-state index in [0.29, 0.717) is 5.57 Å². The van der Waals surface area contributed by atoms with E-state index < -0.39 is 107 Å². The van der Waals surface area contributed by atoms with Crippen LogP contribution in [0.3, 0.4) is 0 Å². The molecule has 2 N–H and O–H groups in total. The third-order valence-corrected chi connectivity index (χ3v) is 10.6. The molecule has 0 aromatic carbocycles. The molecule has 10 atom stereocenters. The molecule has 0 spiro atoms. The standard InChI is InChI=1S/C32H44O14/c1-14-21(42-15(2)34)11-32(40)28(45-18(5)37)26-30(9,22(43-16(3)35)10-23-31(26,13-41-23)46-19(6)38)27(44-17(4)36)24(20(39)12-33)25(14)29(32,7)8/h21-24,26-28,33,40H,10-13H2,1-9H3/t21-,22-,23+,24+,26-,27-,28-,30+,31-,32+/m0/s1. The van der Waals surface area contributed by atoms with Crippen molar-refractivity contribution in [3.63, 3.8) is 0 Å². The van der Waals surface area contributed by atoms with Crippen LogP contribution in [0.25, 0.3) is 0 Å². The van der Waals surface area contributed by atoms with Crippen molar-refractivity contribution in [2.75, 3.05) is 13.2 Å². The van der Waals surface area contributed by atoms with E-state index in [2.05, 4.69) is 0 Å². The monoisotopic (exact) mass is 652 g/mol. The number of aliphatic hydroxyl groups is 2. The van der Waals surface area contributed by atoms with Crippen molar-refractivity contribution >= 4 is 35.6 Å². The summed E-state index contributed by atoms with van der Waals surface area (Å²) in [7, 11) is 0. The summed E-state index contributed by atoms with van der Waals surface area (Å²) in [4.78, 5) is 77.7. The molecule has 1 aliphatic heterocycles. The van der Waals surface area contributed by atoms with E-state index >= 15 is 0 Å². The average Bonchev–Trinajstić information content (AvgIpc) is 2.91. The first-order chi connectivity index (χ1) is 21.2. The lowest BCUT2D eigenvalue weighted by Crippen LogP contribution is -2.82. The van der Waals surface area contributed by atoms with Crippen LogP contribution in [-0.4, -0.2) is 101 Å². The highest BCUT2D eigenvalue weighted by molar-refractivity contribution is 5.87. The molecule has 1 heterocycles. The fourth-order valence-electron chi connectivity index (χ4n) is 8.80. The summed E-state index contributed by atoms with van der Waals surface area (Å²) in [6.07, 6.45) is -6.87. The lowest BCUT2D eigenvalue weighted by Gasteiger charge is -2.69. The summed E-state index contributed by atoms with van der Waals surface area (Å²) >= 11 is 0. The predicted octanol–water partition coefficient (Wildman–Crippen LogP) is 1.11. The Bertz CT molecular complexity index is 1370.